The molecule has 0 rings (SSSR count). The highest BCUT2D eigenvalue weighted by Gasteiger charge is 2.19. The Morgan fingerprint density at radius 2 is 1.83 bits per heavy atom. The molecular formula is C14H26N2O2. The van der Waals surface area contributed by atoms with Crippen molar-refractivity contribution >= 4 is 6.09 Å². The van der Waals surface area contributed by atoms with Gasteiger partial charge in [-0.15, -0.1) is 0 Å². The van der Waals surface area contributed by atoms with E-state index in [9.17, 15) is 4.79 Å². The van der Waals surface area contributed by atoms with Crippen LogP contribution in [0.3, 0.4) is 0 Å². The van der Waals surface area contributed by atoms with Crippen LogP contribution in [0, 0.1) is 17.2 Å². The van der Waals surface area contributed by atoms with Crippen LogP contribution in [0.4, 0.5) is 4.79 Å². The number of nitrogens with one attached hydrogen (secondary N) is 1. The Bertz CT molecular complexity index is 296. The molecule has 0 aliphatic rings. The summed E-state index contributed by atoms with van der Waals surface area (Å²) in [5, 5.41) is 11.1. The summed E-state index contributed by atoms with van der Waals surface area (Å²) in [5.41, 5.74) is -0.509. The third-order valence-corrected chi connectivity index (χ3v) is 1.78. The zero-order valence-corrected chi connectivity index (χ0v) is 12.6. The van der Waals surface area contributed by atoms with Crippen molar-refractivity contribution in [2.24, 2.45) is 5.92 Å². The van der Waals surface area contributed by atoms with Gasteiger partial charge in [-0.25, -0.2) is 4.79 Å². The first kappa shape index (κ1) is 18.9. The van der Waals surface area contributed by atoms with E-state index in [1.54, 1.807) is 6.08 Å². The van der Waals surface area contributed by atoms with E-state index in [-0.39, 0.29) is 12.0 Å². The molecule has 1 atom stereocenters. The minimum Gasteiger partial charge on any atom is -0.444 e. The summed E-state index contributed by atoms with van der Waals surface area (Å²) >= 11 is 0. The number of nitrogens with zero attached hydrogens (tertiary/aromatic N) is 1. The van der Waals surface area contributed by atoms with E-state index in [0.29, 0.717) is 0 Å². The van der Waals surface area contributed by atoms with Crippen LogP contribution in [0.2, 0.25) is 0 Å². The predicted molar refractivity (Wildman–Crippen MR) is 74.1 cm³/mol. The lowest BCUT2D eigenvalue weighted by Gasteiger charge is -2.23. The number of ether oxygens (including phenoxy) is 1. The molecule has 0 radical (unpaired) electrons. The summed E-state index contributed by atoms with van der Waals surface area (Å²) in [6.07, 6.45) is 2.56. The van der Waals surface area contributed by atoms with Crippen LogP contribution in [0.5, 0.6) is 0 Å². The highest BCUT2D eigenvalue weighted by Crippen LogP contribution is 2.09. The molecule has 1 unspecified atom stereocenters. The molecule has 0 aromatic heterocycles. The maximum absolute atomic E-state index is 11.5. The van der Waals surface area contributed by atoms with Crippen molar-refractivity contribution in [2.75, 3.05) is 0 Å². The summed E-state index contributed by atoms with van der Waals surface area (Å²) < 4.78 is 5.13. The predicted octanol–water partition coefficient (Wildman–Crippen LogP) is 3.64. The minimum absolute atomic E-state index is 0.186. The highest BCUT2D eigenvalue weighted by molar-refractivity contribution is 5.68. The second-order valence-corrected chi connectivity index (χ2v) is 4.90. The third-order valence-electron chi connectivity index (χ3n) is 1.78. The molecule has 0 bridgehead atoms. The molecule has 1 amide bonds. The van der Waals surface area contributed by atoms with Crippen LogP contribution >= 0.6 is 0 Å². The monoisotopic (exact) mass is 254 g/mol. The van der Waals surface area contributed by atoms with Gasteiger partial charge >= 0.3 is 6.09 Å². The molecule has 18 heavy (non-hydrogen) atoms. The number of rotatable bonds is 3. The van der Waals surface area contributed by atoms with Gasteiger partial charge in [0, 0.05) is 6.08 Å². The molecule has 0 saturated heterocycles. The van der Waals surface area contributed by atoms with Crippen molar-refractivity contribution in [3.05, 3.63) is 12.2 Å². The number of alkyl carbamates (subject to hydrolysis) is 1. The van der Waals surface area contributed by atoms with Crippen molar-refractivity contribution in [1.82, 2.24) is 5.32 Å². The van der Waals surface area contributed by atoms with Crippen molar-refractivity contribution in [1.29, 1.82) is 5.26 Å². The molecule has 0 aliphatic carbocycles. The number of carbonyl (C=O) groups excluding carboxylic acids is 1. The molecule has 0 spiro atoms. The smallest absolute Gasteiger partial charge is 0.408 e. The first-order valence-electron chi connectivity index (χ1n) is 6.32. The Morgan fingerprint density at radius 1 is 1.33 bits per heavy atom. The van der Waals surface area contributed by atoms with Crippen LogP contribution in [0.15, 0.2) is 12.2 Å². The van der Waals surface area contributed by atoms with Crippen molar-refractivity contribution in [3.8, 4) is 6.07 Å². The number of hydrogen-bond acceptors (Lipinski definition) is 3. The first-order chi connectivity index (χ1) is 8.26. The largest absolute Gasteiger partial charge is 0.444 e. The Labute approximate surface area is 111 Å². The fraction of sp³-hybridized carbons (Fsp3) is 0.714. The van der Waals surface area contributed by atoms with Gasteiger partial charge in [-0.1, -0.05) is 33.8 Å². The summed E-state index contributed by atoms with van der Waals surface area (Å²) in [7, 11) is 0. The van der Waals surface area contributed by atoms with E-state index in [1.165, 1.54) is 6.08 Å². The zero-order chi connectivity index (χ0) is 14.8. The molecular weight excluding hydrogens is 228 g/mol. The van der Waals surface area contributed by atoms with Gasteiger partial charge in [0.25, 0.3) is 0 Å². The Hall–Kier alpha value is -1.50. The van der Waals surface area contributed by atoms with Gasteiger partial charge in [0.1, 0.15) is 5.60 Å². The number of amides is 1. The third kappa shape index (κ3) is 11.0. The lowest BCUT2D eigenvalue weighted by Crippen LogP contribution is -2.40. The summed E-state index contributed by atoms with van der Waals surface area (Å²) in [4.78, 5) is 11.5. The molecule has 0 aliphatic heterocycles. The lowest BCUT2D eigenvalue weighted by molar-refractivity contribution is 0.0504. The molecule has 0 fully saturated rings. The van der Waals surface area contributed by atoms with E-state index in [1.807, 2.05) is 54.5 Å². The lowest BCUT2D eigenvalue weighted by atomic mass is 10.0. The summed E-state index contributed by atoms with van der Waals surface area (Å²) in [5.74, 6) is 0.206. The average Bonchev–Trinajstić information content (AvgIpc) is 2.24. The summed E-state index contributed by atoms with van der Waals surface area (Å²) in [6.45, 7) is 13.3. The van der Waals surface area contributed by atoms with E-state index in [4.69, 9.17) is 10.00 Å². The maximum atomic E-state index is 11.5. The minimum atomic E-state index is -0.509. The van der Waals surface area contributed by atoms with Crippen LogP contribution < -0.4 is 5.32 Å². The van der Waals surface area contributed by atoms with Crippen LogP contribution in [-0.2, 0) is 4.74 Å². The van der Waals surface area contributed by atoms with Gasteiger partial charge < -0.3 is 10.1 Å². The van der Waals surface area contributed by atoms with Gasteiger partial charge in [0.2, 0.25) is 0 Å². The SMILES string of the molecule is CC.CC(C)C(/C=C/C#N)NC(=O)OC(C)(C)C. The Balaban J connectivity index is 0. The molecule has 0 aromatic carbocycles. The molecule has 1 N–H and O–H groups in total. The van der Waals surface area contributed by atoms with Crippen LogP contribution in [-0.4, -0.2) is 17.7 Å². The zero-order valence-electron chi connectivity index (χ0n) is 12.6. The van der Waals surface area contributed by atoms with Gasteiger partial charge in [0.05, 0.1) is 12.1 Å². The number of nitriles is 1. The second-order valence-electron chi connectivity index (χ2n) is 4.90. The van der Waals surface area contributed by atoms with Gasteiger partial charge in [-0.3, -0.25) is 0 Å². The molecule has 104 valence electrons. The van der Waals surface area contributed by atoms with E-state index in [2.05, 4.69) is 5.32 Å². The first-order valence-corrected chi connectivity index (χ1v) is 6.32. The van der Waals surface area contributed by atoms with Gasteiger partial charge in [0.15, 0.2) is 0 Å². The highest BCUT2D eigenvalue weighted by atomic mass is 16.6. The topological polar surface area (TPSA) is 62.1 Å². The molecule has 0 saturated carbocycles. The maximum Gasteiger partial charge on any atom is 0.408 e. The van der Waals surface area contributed by atoms with E-state index >= 15 is 0 Å². The fourth-order valence-electron chi connectivity index (χ4n) is 1.03. The quantitative estimate of drug-likeness (QED) is 0.782. The Kier molecular flexibility index (Phi) is 9.97. The van der Waals surface area contributed by atoms with Gasteiger partial charge in [-0.2, -0.15) is 5.26 Å². The standard InChI is InChI=1S/C12H20N2O2.C2H6/c1-9(2)10(7-6-8-13)14-11(15)16-12(3,4)5;1-2/h6-7,9-10H,1-5H3,(H,14,15);1-2H3/b7-6+;. The average molecular weight is 254 g/mol. The van der Waals surface area contributed by atoms with E-state index < -0.39 is 11.7 Å². The van der Waals surface area contributed by atoms with Crippen LogP contribution in [0.1, 0.15) is 48.5 Å². The second kappa shape index (κ2) is 9.52. The van der Waals surface area contributed by atoms with Crippen LogP contribution in [0.25, 0.3) is 0 Å². The number of hydrogen-bond donors (Lipinski definition) is 1. The van der Waals surface area contributed by atoms with Gasteiger partial charge in [-0.05, 0) is 26.7 Å². The Morgan fingerprint density at radius 3 is 2.17 bits per heavy atom. The molecule has 0 aromatic rings. The van der Waals surface area contributed by atoms with E-state index in [0.717, 1.165) is 0 Å². The molecule has 0 heterocycles. The summed E-state index contributed by atoms with van der Waals surface area (Å²) in [6, 6.07) is 1.72. The normalized spacial score (nSPS) is 12.4. The van der Waals surface area contributed by atoms with Crippen molar-refractivity contribution in [3.63, 3.8) is 0 Å². The number of allylic oxidation sites excluding steroid dienone is 1. The number of carbonyl (C=O) groups is 1. The molecule has 4 heteroatoms. The molecule has 4 nitrogen and oxygen atoms in total. The van der Waals surface area contributed by atoms with Crippen molar-refractivity contribution < 1.29 is 9.53 Å². The van der Waals surface area contributed by atoms with Crippen molar-refractivity contribution in [2.45, 2.75) is 60.1 Å². The fourth-order valence-corrected chi connectivity index (χ4v) is 1.03.